The summed E-state index contributed by atoms with van der Waals surface area (Å²) in [5.41, 5.74) is 5.26. The molecule has 0 aromatic heterocycles. The van der Waals surface area contributed by atoms with Crippen LogP contribution in [0.4, 0.5) is 0 Å². The molecule has 3 aromatic carbocycles. The maximum atomic E-state index is 5.68. The van der Waals surface area contributed by atoms with Crippen molar-refractivity contribution < 1.29 is 18.9 Å². The van der Waals surface area contributed by atoms with E-state index in [4.69, 9.17) is 18.9 Å². The molecular formula is C25H24O4. The van der Waals surface area contributed by atoms with E-state index in [1.54, 1.807) is 0 Å². The van der Waals surface area contributed by atoms with Crippen molar-refractivity contribution in [2.75, 3.05) is 20.0 Å². The van der Waals surface area contributed by atoms with Gasteiger partial charge in [0.15, 0.2) is 23.0 Å². The van der Waals surface area contributed by atoms with Crippen molar-refractivity contribution in [1.29, 1.82) is 0 Å². The molecule has 148 valence electrons. The van der Waals surface area contributed by atoms with Gasteiger partial charge in [-0.2, -0.15) is 0 Å². The standard InChI is InChI=1S/C25H24O4/c1-3-19(6-8-21-10-12-23-25(16-21)29-17-28-23)4-2-18(1)5-7-20-9-11-22-24(15-20)27-14-13-26-22/h1-4,9-12,15-16H,5-8,13-14,17H2. The van der Waals surface area contributed by atoms with E-state index < -0.39 is 0 Å². The Balaban J connectivity index is 1.15. The molecule has 2 aliphatic heterocycles. The molecule has 3 aromatic rings. The van der Waals surface area contributed by atoms with Crippen molar-refractivity contribution in [2.45, 2.75) is 25.7 Å². The molecule has 0 N–H and O–H groups in total. The van der Waals surface area contributed by atoms with Gasteiger partial charge in [-0.3, -0.25) is 0 Å². The quantitative estimate of drug-likeness (QED) is 0.610. The average Bonchev–Trinajstić information content (AvgIpc) is 3.25. The van der Waals surface area contributed by atoms with Crippen molar-refractivity contribution >= 4 is 0 Å². The molecule has 2 heterocycles. The minimum atomic E-state index is 0.326. The zero-order valence-corrected chi connectivity index (χ0v) is 16.4. The van der Waals surface area contributed by atoms with Gasteiger partial charge < -0.3 is 18.9 Å². The van der Waals surface area contributed by atoms with Crippen LogP contribution < -0.4 is 18.9 Å². The molecule has 0 bridgehead atoms. The van der Waals surface area contributed by atoms with Crippen molar-refractivity contribution in [2.24, 2.45) is 0 Å². The number of rotatable bonds is 6. The third kappa shape index (κ3) is 4.16. The van der Waals surface area contributed by atoms with E-state index in [-0.39, 0.29) is 0 Å². The van der Waals surface area contributed by atoms with Gasteiger partial charge in [0.1, 0.15) is 13.2 Å². The maximum Gasteiger partial charge on any atom is 0.231 e. The van der Waals surface area contributed by atoms with Crippen molar-refractivity contribution in [1.82, 2.24) is 0 Å². The van der Waals surface area contributed by atoms with Crippen LogP contribution in [-0.2, 0) is 25.7 Å². The molecule has 0 unspecified atom stereocenters. The summed E-state index contributed by atoms with van der Waals surface area (Å²) in [6, 6.07) is 21.4. The van der Waals surface area contributed by atoms with Crippen molar-refractivity contribution in [3.8, 4) is 23.0 Å². The zero-order valence-electron chi connectivity index (χ0n) is 16.4. The monoisotopic (exact) mass is 388 g/mol. The minimum absolute atomic E-state index is 0.326. The van der Waals surface area contributed by atoms with E-state index in [0.29, 0.717) is 20.0 Å². The summed E-state index contributed by atoms with van der Waals surface area (Å²) < 4.78 is 22.1. The fraction of sp³-hybridized carbons (Fsp3) is 0.280. The van der Waals surface area contributed by atoms with Gasteiger partial charge in [0.2, 0.25) is 6.79 Å². The maximum absolute atomic E-state index is 5.68. The Bertz CT molecular complexity index is 994. The van der Waals surface area contributed by atoms with Gasteiger partial charge >= 0.3 is 0 Å². The molecule has 0 atom stereocenters. The van der Waals surface area contributed by atoms with Crippen LogP contribution in [0.25, 0.3) is 0 Å². The molecule has 0 aliphatic carbocycles. The fourth-order valence-corrected chi connectivity index (χ4v) is 3.79. The second-order valence-corrected chi connectivity index (χ2v) is 7.48. The summed E-state index contributed by atoms with van der Waals surface area (Å²) >= 11 is 0. The first-order chi connectivity index (χ1) is 14.3. The molecule has 4 nitrogen and oxygen atoms in total. The first kappa shape index (κ1) is 17.9. The largest absolute Gasteiger partial charge is 0.486 e. The highest BCUT2D eigenvalue weighted by Crippen LogP contribution is 2.33. The van der Waals surface area contributed by atoms with E-state index in [2.05, 4.69) is 48.5 Å². The predicted octanol–water partition coefficient (Wildman–Crippen LogP) is 4.76. The molecular weight excluding hydrogens is 364 g/mol. The molecule has 5 rings (SSSR count). The Hall–Kier alpha value is -3.14. The van der Waals surface area contributed by atoms with Gasteiger partial charge in [0.05, 0.1) is 0 Å². The molecule has 0 saturated heterocycles. The van der Waals surface area contributed by atoms with E-state index in [1.807, 2.05) is 12.1 Å². The fourth-order valence-electron chi connectivity index (χ4n) is 3.79. The lowest BCUT2D eigenvalue weighted by atomic mass is 10.00. The van der Waals surface area contributed by atoms with Gasteiger partial charge in [0.25, 0.3) is 0 Å². The van der Waals surface area contributed by atoms with Gasteiger partial charge in [0, 0.05) is 0 Å². The SMILES string of the molecule is c1cc(CCc2ccc3c(c2)OCO3)ccc1CCc1ccc2c(c1)OCCO2. The smallest absolute Gasteiger partial charge is 0.231 e. The molecule has 0 spiro atoms. The molecule has 2 aliphatic rings. The number of fused-ring (bicyclic) bond motifs is 2. The van der Waals surface area contributed by atoms with Crippen LogP contribution in [0, 0.1) is 0 Å². The summed E-state index contributed by atoms with van der Waals surface area (Å²) in [5, 5.41) is 0. The summed E-state index contributed by atoms with van der Waals surface area (Å²) in [5.74, 6) is 3.42. The molecule has 0 amide bonds. The van der Waals surface area contributed by atoms with Gasteiger partial charge in [-0.05, 0) is 72.2 Å². The number of hydrogen-bond donors (Lipinski definition) is 0. The van der Waals surface area contributed by atoms with Crippen LogP contribution in [0.2, 0.25) is 0 Å². The topological polar surface area (TPSA) is 36.9 Å². The summed E-state index contributed by atoms with van der Waals surface area (Å²) in [6.07, 6.45) is 4.02. The normalized spacial score (nSPS) is 14.1. The third-order valence-electron chi connectivity index (χ3n) is 5.47. The predicted molar refractivity (Wildman–Crippen MR) is 111 cm³/mol. The molecule has 4 heteroatoms. The first-order valence-electron chi connectivity index (χ1n) is 10.2. The number of benzene rings is 3. The third-order valence-corrected chi connectivity index (χ3v) is 5.47. The van der Waals surface area contributed by atoms with E-state index in [9.17, 15) is 0 Å². The lowest BCUT2D eigenvalue weighted by Crippen LogP contribution is -2.15. The van der Waals surface area contributed by atoms with Crippen LogP contribution >= 0.6 is 0 Å². The summed E-state index contributed by atoms with van der Waals surface area (Å²) in [4.78, 5) is 0. The number of aryl methyl sites for hydroxylation is 4. The van der Waals surface area contributed by atoms with Crippen molar-refractivity contribution in [3.63, 3.8) is 0 Å². The van der Waals surface area contributed by atoms with E-state index in [1.165, 1.54) is 22.3 Å². The van der Waals surface area contributed by atoms with Crippen LogP contribution in [0.1, 0.15) is 22.3 Å². The Morgan fingerprint density at radius 2 is 0.862 bits per heavy atom. The van der Waals surface area contributed by atoms with Crippen LogP contribution in [0.5, 0.6) is 23.0 Å². The average molecular weight is 388 g/mol. The Labute approximate surface area is 171 Å². The van der Waals surface area contributed by atoms with Crippen LogP contribution in [0.3, 0.4) is 0 Å². The van der Waals surface area contributed by atoms with Crippen LogP contribution in [-0.4, -0.2) is 20.0 Å². The van der Waals surface area contributed by atoms with Crippen LogP contribution in [0.15, 0.2) is 60.7 Å². The zero-order chi connectivity index (χ0) is 19.5. The number of hydrogen-bond acceptors (Lipinski definition) is 4. The molecule has 0 fully saturated rings. The number of ether oxygens (including phenoxy) is 4. The highest BCUT2D eigenvalue weighted by Gasteiger charge is 2.13. The van der Waals surface area contributed by atoms with Gasteiger partial charge in [-0.15, -0.1) is 0 Å². The molecule has 0 radical (unpaired) electrons. The summed E-state index contributed by atoms with van der Waals surface area (Å²) in [6.45, 7) is 1.59. The minimum Gasteiger partial charge on any atom is -0.486 e. The lowest BCUT2D eigenvalue weighted by Gasteiger charge is -2.18. The highest BCUT2D eigenvalue weighted by molar-refractivity contribution is 5.45. The first-order valence-corrected chi connectivity index (χ1v) is 10.2. The second kappa shape index (κ2) is 8.08. The lowest BCUT2D eigenvalue weighted by molar-refractivity contribution is 0.171. The Kier molecular flexibility index (Phi) is 4.99. The van der Waals surface area contributed by atoms with E-state index in [0.717, 1.165) is 48.7 Å². The second-order valence-electron chi connectivity index (χ2n) is 7.48. The molecule has 29 heavy (non-hydrogen) atoms. The Morgan fingerprint density at radius 1 is 0.448 bits per heavy atom. The van der Waals surface area contributed by atoms with Gasteiger partial charge in [-0.25, -0.2) is 0 Å². The van der Waals surface area contributed by atoms with Gasteiger partial charge in [-0.1, -0.05) is 36.4 Å². The summed E-state index contributed by atoms with van der Waals surface area (Å²) in [7, 11) is 0. The Morgan fingerprint density at radius 3 is 1.48 bits per heavy atom. The van der Waals surface area contributed by atoms with Crippen molar-refractivity contribution in [3.05, 3.63) is 82.9 Å². The van der Waals surface area contributed by atoms with E-state index >= 15 is 0 Å². The molecule has 0 saturated carbocycles. The highest BCUT2D eigenvalue weighted by atomic mass is 16.7.